The van der Waals surface area contributed by atoms with Crippen molar-refractivity contribution in [2.45, 2.75) is 260 Å². The first-order valence-corrected chi connectivity index (χ1v) is 45.5. The average molecular weight is 1800 g/mol. The molecule has 6 aromatic rings. The van der Waals surface area contributed by atoms with Crippen LogP contribution >= 0.6 is 12.6 Å². The smallest absolute Gasteiger partial charge is 0.326 e. The first-order chi connectivity index (χ1) is 61.4. The predicted molar refractivity (Wildman–Crippen MR) is 495 cm³/mol. The van der Waals surface area contributed by atoms with Gasteiger partial charge in [0.2, 0.25) is 70.9 Å². The lowest BCUT2D eigenvalue weighted by Gasteiger charge is -2.31. The molecule has 0 spiro atoms. The van der Waals surface area contributed by atoms with Crippen LogP contribution in [0.5, 0.6) is 0 Å². The summed E-state index contributed by atoms with van der Waals surface area (Å²) in [6, 6.07) is 4.88. The van der Waals surface area contributed by atoms with Crippen molar-refractivity contribution in [3.63, 3.8) is 0 Å². The topological polar surface area (TPSA) is 646 Å². The van der Waals surface area contributed by atoms with Gasteiger partial charge in [0.25, 0.3) is 0 Å². The summed E-state index contributed by atoms with van der Waals surface area (Å²) >= 11 is 4.37. The zero-order chi connectivity index (χ0) is 93.4. The molecule has 12 amide bonds. The molecule has 0 saturated carbocycles. The molecular formula is C89H138N24O14S. The highest BCUT2D eigenvalue weighted by Crippen LogP contribution is 2.26. The van der Waals surface area contributed by atoms with Crippen LogP contribution in [0.15, 0.2) is 96.4 Å². The lowest BCUT2D eigenvalue weighted by molar-refractivity contribution is -0.143. The molecule has 1 aliphatic rings. The SMILES string of the molecule is CC(C)C[C@H](NC(=O)[C@H](Cc1c[nH]c2ccccc12)NC(=O)[C@H](Cc1c[nH]c2ccccc12)NC(=O)[C@H](CCCN=C(N)N)NC(=O)[C@H](Cc1c[nH]c2ccccc12)NC(=O)[C@H](CCCCN)NC(=O)[C@@H](N)CCCCN)C(=O)N[C@@H](CCCCN)C(=O)N1CCC[C@H]1C(=O)N[C@@H](CC(C)C)C(=O)N[C@@H](CS)C(=O)N[C@@H](CCCCN)C(=O)N[C@@H](CCCCN)C(=O)O. The Bertz CT molecular complexity index is 4650. The molecule has 38 nitrogen and oxygen atoms in total. The largest absolute Gasteiger partial charge is 0.480 e. The Morgan fingerprint density at radius 1 is 0.406 bits per heavy atom. The van der Waals surface area contributed by atoms with Gasteiger partial charge >= 0.3 is 5.97 Å². The molecule has 4 heterocycles. The molecule has 7 rings (SSSR count). The van der Waals surface area contributed by atoms with Gasteiger partial charge in [0.05, 0.1) is 6.04 Å². The van der Waals surface area contributed by atoms with Crippen molar-refractivity contribution in [3.05, 3.63) is 108 Å². The second-order valence-electron chi connectivity index (χ2n) is 33.8. The number of fused-ring (bicyclic) bond motifs is 3. The number of nitrogens with one attached hydrogen (secondary N) is 14. The highest BCUT2D eigenvalue weighted by molar-refractivity contribution is 7.80. The minimum absolute atomic E-state index is 0.00414. The number of guanidine groups is 1. The number of hydrogen-bond acceptors (Lipinski definition) is 21. The van der Waals surface area contributed by atoms with Crippen LogP contribution in [0.25, 0.3) is 32.7 Å². The van der Waals surface area contributed by atoms with Crippen LogP contribution in [0.1, 0.15) is 179 Å². The molecule has 3 aromatic carbocycles. The predicted octanol–water partition coefficient (Wildman–Crippen LogP) is 0.615. The number of amides is 12. The van der Waals surface area contributed by atoms with Crippen molar-refractivity contribution >= 4 is 128 Å². The van der Waals surface area contributed by atoms with Gasteiger partial charge < -0.3 is 129 Å². The van der Waals surface area contributed by atoms with Gasteiger partial charge in [0.1, 0.15) is 72.5 Å². The number of nitrogens with zero attached hydrogens (tertiary/aromatic N) is 2. The van der Waals surface area contributed by atoms with Crippen molar-refractivity contribution < 1.29 is 67.4 Å². The number of aliphatic imine (C=N–C) groups is 1. The third kappa shape index (κ3) is 32.8. The van der Waals surface area contributed by atoms with Crippen molar-refractivity contribution in [2.75, 3.05) is 51.6 Å². The number of aromatic amines is 3. The fourth-order valence-electron chi connectivity index (χ4n) is 15.7. The maximum atomic E-state index is 15.8. The Kier molecular flexibility index (Phi) is 43.9. The van der Waals surface area contributed by atoms with E-state index in [1.807, 2.05) is 88.4 Å². The van der Waals surface area contributed by atoms with Crippen LogP contribution in [0.3, 0.4) is 0 Å². The summed E-state index contributed by atoms with van der Waals surface area (Å²) in [5.74, 6) is -11.4. The second-order valence-corrected chi connectivity index (χ2v) is 34.2. The van der Waals surface area contributed by atoms with E-state index in [-0.39, 0.29) is 127 Å². The van der Waals surface area contributed by atoms with Gasteiger partial charge in [-0.2, -0.15) is 12.6 Å². The number of hydrogen-bond donors (Lipinski definition) is 24. The Balaban J connectivity index is 1.17. The Morgan fingerprint density at radius 2 is 0.719 bits per heavy atom. The van der Waals surface area contributed by atoms with E-state index in [4.69, 9.17) is 45.9 Å². The summed E-state index contributed by atoms with van der Waals surface area (Å²) in [7, 11) is 0. The summed E-state index contributed by atoms with van der Waals surface area (Å²) in [5, 5.41) is 43.0. The lowest BCUT2D eigenvalue weighted by Crippen LogP contribution is -2.61. The minimum atomic E-state index is -1.54. The van der Waals surface area contributed by atoms with E-state index in [9.17, 15) is 38.7 Å². The summed E-state index contributed by atoms with van der Waals surface area (Å²) in [4.78, 5) is 206. The second kappa shape index (κ2) is 54.2. The zero-order valence-electron chi connectivity index (χ0n) is 74.2. The number of carbonyl (C=O) groups is 13. The molecule has 13 atom stereocenters. The lowest BCUT2D eigenvalue weighted by atomic mass is 9.99. The molecule has 31 N–H and O–H groups in total. The standard InChI is InChI=1S/C89H138N24O14S/c1-52(2)43-69(80(118)105-67(32-14-19-39-93)87(125)113-42-22-35-75(113)86(124)111-70(44-53(3)4)81(119)112-74(51-128)85(123)104-65(31-13-18-38-92)77(115)106-68(88(126)127)33-15-20-40-94)107-83(121)73(47-56-50-101-63-29-10-7-25-59(56)63)110-84(122)72(46-55-49-100-62-28-9-6-24-58(55)62)109-79(117)66(34-21-41-98-89(96)97)103-82(120)71(45-54-48-99-61-27-8-5-23-57(54)61)108-78(116)64(30-12-17-37-91)102-76(114)60(95)26-11-16-36-90/h5-10,23-25,27-29,48-50,52-53,60,64-75,99-101,128H,11-22,26,30-47,51,90-95H2,1-4H3,(H,102,114)(H,103,120)(H,104,123)(H,105,118)(H,106,115)(H,107,121)(H,108,116)(H,109,117)(H,110,122)(H,111,124)(H,112,119)(H,126,127)(H4,96,97,98)/t60-,64-,65-,66-,67-,68-,69-,70-,71-,72-,73-,74-,75-/m0/s1. The molecule has 3 aromatic heterocycles. The Labute approximate surface area is 752 Å². The number of carboxylic acid groups (broad SMARTS) is 1. The summed E-state index contributed by atoms with van der Waals surface area (Å²) < 4.78 is 0. The molecule has 0 radical (unpaired) electrons. The quantitative estimate of drug-likeness (QED) is 0.0108. The van der Waals surface area contributed by atoms with Crippen molar-refractivity contribution in [1.82, 2.24) is 78.3 Å². The van der Waals surface area contributed by atoms with Crippen LogP contribution in [0.4, 0.5) is 0 Å². The molecule has 1 aliphatic heterocycles. The maximum absolute atomic E-state index is 15.8. The van der Waals surface area contributed by atoms with E-state index in [0.717, 1.165) is 10.9 Å². The number of aromatic nitrogens is 3. The number of para-hydroxylation sites is 3. The number of benzene rings is 3. The molecule has 0 unspecified atom stereocenters. The van der Waals surface area contributed by atoms with Crippen LogP contribution in [-0.2, 0) is 81.6 Å². The highest BCUT2D eigenvalue weighted by Gasteiger charge is 2.42. The third-order valence-corrected chi connectivity index (χ3v) is 23.1. The Hall–Kier alpha value is -11.2. The van der Waals surface area contributed by atoms with E-state index < -0.39 is 155 Å². The summed E-state index contributed by atoms with van der Waals surface area (Å²) in [5.41, 5.74) is 50.7. The van der Waals surface area contributed by atoms with Gasteiger partial charge in [-0.25, -0.2) is 4.79 Å². The van der Waals surface area contributed by atoms with Crippen molar-refractivity contribution in [2.24, 2.45) is 62.7 Å². The minimum Gasteiger partial charge on any atom is -0.480 e. The number of unbranched alkanes of at least 4 members (excludes halogenated alkanes) is 5. The molecule has 0 aliphatic carbocycles. The number of aliphatic carboxylic acids is 1. The fraction of sp³-hybridized carbons (Fsp3) is 0.573. The zero-order valence-corrected chi connectivity index (χ0v) is 75.1. The van der Waals surface area contributed by atoms with Gasteiger partial charge in [0.15, 0.2) is 5.96 Å². The maximum Gasteiger partial charge on any atom is 0.326 e. The molecule has 1 saturated heterocycles. The average Bonchev–Trinajstić information content (AvgIpc) is 1.60. The summed E-state index contributed by atoms with van der Waals surface area (Å²) in [6.45, 7) is 8.90. The van der Waals surface area contributed by atoms with Crippen LogP contribution < -0.4 is 104 Å². The number of carbonyl (C=O) groups excluding carboxylic acids is 12. The number of H-pyrrole nitrogens is 3. The van der Waals surface area contributed by atoms with Gasteiger partial charge in [-0.05, 0) is 208 Å². The van der Waals surface area contributed by atoms with E-state index in [1.54, 1.807) is 30.7 Å². The number of rotatable bonds is 59. The molecule has 704 valence electrons. The van der Waals surface area contributed by atoms with Crippen LogP contribution in [0.2, 0.25) is 0 Å². The number of thiol groups is 1. The van der Waals surface area contributed by atoms with Gasteiger partial charge in [-0.3, -0.25) is 62.5 Å². The van der Waals surface area contributed by atoms with E-state index in [1.165, 1.54) is 4.90 Å². The Morgan fingerprint density at radius 3 is 1.11 bits per heavy atom. The molecule has 0 bridgehead atoms. The van der Waals surface area contributed by atoms with Gasteiger partial charge in [-0.15, -0.1) is 0 Å². The normalized spacial score (nSPS) is 15.5. The monoisotopic (exact) mass is 1800 g/mol. The molecule has 1 fully saturated rings. The first-order valence-electron chi connectivity index (χ1n) is 44.9. The highest BCUT2D eigenvalue weighted by atomic mass is 32.1. The van der Waals surface area contributed by atoms with E-state index in [0.29, 0.717) is 135 Å². The fourth-order valence-corrected chi connectivity index (χ4v) is 16.0. The summed E-state index contributed by atoms with van der Waals surface area (Å²) in [6.07, 6.45) is 10.5. The molecular weight excluding hydrogens is 1660 g/mol. The van der Waals surface area contributed by atoms with E-state index in [2.05, 4.69) is 91.1 Å². The van der Waals surface area contributed by atoms with Crippen LogP contribution in [0, 0.1) is 11.8 Å². The number of nitrogens with two attached hydrogens (primary N) is 8. The first kappa shape index (κ1) is 104. The number of carboxylic acids is 1. The molecule has 39 heteroatoms. The third-order valence-electron chi connectivity index (χ3n) is 22.7. The van der Waals surface area contributed by atoms with Gasteiger partial charge in [0, 0.05) is 89.4 Å². The van der Waals surface area contributed by atoms with Crippen molar-refractivity contribution in [3.8, 4) is 0 Å². The van der Waals surface area contributed by atoms with Crippen LogP contribution in [-0.4, -0.2) is 238 Å². The molecule has 128 heavy (non-hydrogen) atoms. The van der Waals surface area contributed by atoms with E-state index >= 15 is 28.8 Å². The van der Waals surface area contributed by atoms with Crippen molar-refractivity contribution in [1.29, 1.82) is 0 Å². The van der Waals surface area contributed by atoms with Gasteiger partial charge in [-0.1, -0.05) is 88.7 Å². The number of likely N-dealkylation sites (tertiary alicyclic amines) is 1.